The lowest BCUT2D eigenvalue weighted by molar-refractivity contribution is 0.171. The van der Waals surface area contributed by atoms with Gasteiger partial charge < -0.3 is 14.2 Å². The Morgan fingerprint density at radius 1 is 1.05 bits per heavy atom. The highest BCUT2D eigenvalue weighted by Crippen LogP contribution is 2.35. The van der Waals surface area contributed by atoms with E-state index in [1.165, 1.54) is 6.08 Å². The number of hydrogen-bond donors (Lipinski definition) is 0. The van der Waals surface area contributed by atoms with Gasteiger partial charge in [0.05, 0.1) is 13.2 Å². The molecule has 0 aromatic heterocycles. The van der Waals surface area contributed by atoms with Gasteiger partial charge in [0.2, 0.25) is 0 Å². The second-order valence-electron chi connectivity index (χ2n) is 4.77. The van der Waals surface area contributed by atoms with Gasteiger partial charge in [-0.25, -0.2) is 0 Å². The number of methoxy groups -OCH3 is 1. The molecular weight excluding hydrogens is 278 g/mol. The normalized spacial score (nSPS) is 13.4. The van der Waals surface area contributed by atoms with E-state index < -0.39 is 0 Å². The van der Waals surface area contributed by atoms with Crippen LogP contribution in [-0.4, -0.2) is 20.3 Å². The van der Waals surface area contributed by atoms with Crippen molar-refractivity contribution in [3.8, 4) is 23.3 Å². The Morgan fingerprint density at radius 2 is 1.73 bits per heavy atom. The molecule has 4 heteroatoms. The highest BCUT2D eigenvalue weighted by Gasteiger charge is 2.14. The van der Waals surface area contributed by atoms with E-state index in [9.17, 15) is 0 Å². The van der Waals surface area contributed by atoms with Crippen molar-refractivity contribution in [3.05, 3.63) is 59.7 Å². The molecule has 0 saturated heterocycles. The molecule has 1 aliphatic heterocycles. The van der Waals surface area contributed by atoms with E-state index >= 15 is 0 Å². The highest BCUT2D eigenvalue weighted by molar-refractivity contribution is 5.82. The summed E-state index contributed by atoms with van der Waals surface area (Å²) in [7, 11) is 1.63. The summed E-state index contributed by atoms with van der Waals surface area (Å²) in [6.45, 7) is 1.10. The van der Waals surface area contributed by atoms with Crippen LogP contribution in [0.2, 0.25) is 0 Å². The van der Waals surface area contributed by atoms with Crippen LogP contribution < -0.4 is 14.2 Å². The lowest BCUT2D eigenvalue weighted by atomic mass is 9.97. The van der Waals surface area contributed by atoms with Crippen LogP contribution in [0.5, 0.6) is 17.2 Å². The average molecular weight is 293 g/mol. The predicted molar refractivity (Wildman–Crippen MR) is 83.1 cm³/mol. The first-order valence-electron chi connectivity index (χ1n) is 6.96. The zero-order chi connectivity index (χ0) is 15.4. The lowest BCUT2D eigenvalue weighted by Gasteiger charge is -2.19. The van der Waals surface area contributed by atoms with Crippen molar-refractivity contribution in [1.29, 1.82) is 5.26 Å². The van der Waals surface area contributed by atoms with Gasteiger partial charge >= 0.3 is 0 Å². The smallest absolute Gasteiger partial charge is 0.161 e. The Bertz CT molecular complexity index is 742. The van der Waals surface area contributed by atoms with Gasteiger partial charge in [0, 0.05) is 6.08 Å². The summed E-state index contributed by atoms with van der Waals surface area (Å²) in [6.07, 6.45) is 1.53. The summed E-state index contributed by atoms with van der Waals surface area (Å²) < 4.78 is 16.3. The summed E-state index contributed by atoms with van der Waals surface area (Å²) in [6, 6.07) is 15.4. The zero-order valence-corrected chi connectivity index (χ0v) is 12.2. The van der Waals surface area contributed by atoms with Gasteiger partial charge in [0.25, 0.3) is 0 Å². The Morgan fingerprint density at radius 3 is 2.41 bits per heavy atom. The van der Waals surface area contributed by atoms with E-state index in [1.54, 1.807) is 7.11 Å². The molecule has 2 aromatic rings. The summed E-state index contributed by atoms with van der Waals surface area (Å²) in [5.41, 5.74) is 2.69. The standard InChI is InChI=1S/C18H15NO3/c1-20-15-5-2-13(3-6-15)16(8-9-19)14-4-7-17-18(12-14)22-11-10-21-17/h2-8,12H,10-11H2,1H3/b16-8+. The van der Waals surface area contributed by atoms with E-state index in [4.69, 9.17) is 19.5 Å². The third kappa shape index (κ3) is 2.75. The molecule has 0 fully saturated rings. The molecule has 0 atom stereocenters. The van der Waals surface area contributed by atoms with Gasteiger partial charge in [-0.3, -0.25) is 0 Å². The predicted octanol–water partition coefficient (Wildman–Crippen LogP) is 3.42. The maximum absolute atomic E-state index is 9.09. The number of nitrogens with zero attached hydrogens (tertiary/aromatic N) is 1. The van der Waals surface area contributed by atoms with Crippen LogP contribution in [-0.2, 0) is 0 Å². The molecule has 3 rings (SSSR count). The Kier molecular flexibility index (Phi) is 3.97. The van der Waals surface area contributed by atoms with Crippen molar-refractivity contribution in [2.75, 3.05) is 20.3 Å². The van der Waals surface area contributed by atoms with Crippen molar-refractivity contribution < 1.29 is 14.2 Å². The second kappa shape index (κ2) is 6.23. The average Bonchev–Trinajstić information content (AvgIpc) is 2.59. The van der Waals surface area contributed by atoms with Crippen molar-refractivity contribution in [2.45, 2.75) is 0 Å². The molecule has 4 nitrogen and oxygen atoms in total. The highest BCUT2D eigenvalue weighted by atomic mass is 16.6. The number of rotatable bonds is 3. The van der Waals surface area contributed by atoms with E-state index in [1.807, 2.05) is 42.5 Å². The minimum Gasteiger partial charge on any atom is -0.497 e. The number of benzene rings is 2. The number of fused-ring (bicyclic) bond motifs is 1. The van der Waals surface area contributed by atoms with Crippen LogP contribution in [0.1, 0.15) is 11.1 Å². The van der Waals surface area contributed by atoms with Gasteiger partial charge in [-0.15, -0.1) is 0 Å². The molecule has 0 aliphatic carbocycles. The first-order valence-corrected chi connectivity index (χ1v) is 6.96. The first-order chi connectivity index (χ1) is 10.8. The molecule has 1 aliphatic rings. The fraction of sp³-hybridized carbons (Fsp3) is 0.167. The molecule has 0 amide bonds. The zero-order valence-electron chi connectivity index (χ0n) is 12.2. The van der Waals surface area contributed by atoms with Crippen LogP contribution >= 0.6 is 0 Å². The molecule has 0 radical (unpaired) electrons. The number of allylic oxidation sites excluding steroid dienone is 1. The van der Waals surface area contributed by atoms with Gasteiger partial charge in [-0.1, -0.05) is 18.2 Å². The minimum atomic E-state index is 0.538. The van der Waals surface area contributed by atoms with Crippen molar-refractivity contribution in [1.82, 2.24) is 0 Å². The molecule has 0 spiro atoms. The fourth-order valence-corrected chi connectivity index (χ4v) is 2.38. The molecular formula is C18H15NO3. The molecule has 1 heterocycles. The van der Waals surface area contributed by atoms with Crippen molar-refractivity contribution in [2.24, 2.45) is 0 Å². The van der Waals surface area contributed by atoms with Crippen LogP contribution in [0.4, 0.5) is 0 Å². The van der Waals surface area contributed by atoms with E-state index in [-0.39, 0.29) is 0 Å². The van der Waals surface area contributed by atoms with E-state index in [2.05, 4.69) is 6.07 Å². The number of ether oxygens (including phenoxy) is 3. The van der Waals surface area contributed by atoms with Crippen LogP contribution in [0.25, 0.3) is 5.57 Å². The van der Waals surface area contributed by atoms with Gasteiger partial charge in [0.1, 0.15) is 19.0 Å². The third-order valence-electron chi connectivity index (χ3n) is 3.46. The van der Waals surface area contributed by atoms with Crippen molar-refractivity contribution >= 4 is 5.57 Å². The SMILES string of the molecule is COc1ccc(/C(=C\C#N)c2ccc3c(c2)OCCO3)cc1. The summed E-state index contributed by atoms with van der Waals surface area (Å²) in [5.74, 6) is 2.23. The molecule has 0 bridgehead atoms. The molecule has 22 heavy (non-hydrogen) atoms. The molecule has 110 valence electrons. The fourth-order valence-electron chi connectivity index (χ4n) is 2.38. The summed E-state index contributed by atoms with van der Waals surface area (Å²) in [5, 5.41) is 9.09. The van der Waals surface area contributed by atoms with E-state index in [0.717, 1.165) is 28.2 Å². The maximum atomic E-state index is 9.09. The topological polar surface area (TPSA) is 51.5 Å². The molecule has 0 N–H and O–H groups in total. The molecule has 2 aromatic carbocycles. The van der Waals surface area contributed by atoms with Gasteiger partial charge in [-0.2, -0.15) is 5.26 Å². The van der Waals surface area contributed by atoms with Crippen molar-refractivity contribution in [3.63, 3.8) is 0 Å². The Hall–Kier alpha value is -2.93. The second-order valence-corrected chi connectivity index (χ2v) is 4.77. The van der Waals surface area contributed by atoms with E-state index in [0.29, 0.717) is 19.0 Å². The van der Waals surface area contributed by atoms with Crippen LogP contribution in [0.15, 0.2) is 48.5 Å². The maximum Gasteiger partial charge on any atom is 0.161 e. The summed E-state index contributed by atoms with van der Waals surface area (Å²) >= 11 is 0. The summed E-state index contributed by atoms with van der Waals surface area (Å²) in [4.78, 5) is 0. The molecule has 0 unspecified atom stereocenters. The van der Waals surface area contributed by atoms with Crippen LogP contribution in [0, 0.1) is 11.3 Å². The Labute approximate surface area is 129 Å². The van der Waals surface area contributed by atoms with Gasteiger partial charge in [-0.05, 0) is 41.0 Å². The molecule has 0 saturated carbocycles. The third-order valence-corrected chi connectivity index (χ3v) is 3.46. The quantitative estimate of drug-likeness (QED) is 0.814. The number of nitriles is 1. The first kappa shape index (κ1) is 14.0. The monoisotopic (exact) mass is 293 g/mol. The Balaban J connectivity index is 2.01. The van der Waals surface area contributed by atoms with Gasteiger partial charge in [0.15, 0.2) is 11.5 Å². The lowest BCUT2D eigenvalue weighted by Crippen LogP contribution is -2.15. The minimum absolute atomic E-state index is 0.538. The largest absolute Gasteiger partial charge is 0.497 e. The number of hydrogen-bond acceptors (Lipinski definition) is 4. The van der Waals surface area contributed by atoms with Crippen LogP contribution in [0.3, 0.4) is 0 Å².